The second-order valence-corrected chi connectivity index (χ2v) is 13.1. The Morgan fingerprint density at radius 2 is 1.61 bits per heavy atom. The lowest BCUT2D eigenvalue weighted by atomic mass is 9.79. The highest BCUT2D eigenvalue weighted by Crippen LogP contribution is 2.51. The van der Waals surface area contributed by atoms with E-state index in [1.807, 2.05) is 78.9 Å². The Morgan fingerprint density at radius 1 is 0.980 bits per heavy atom. The number of rotatable bonds is 13. The topological polar surface area (TPSA) is 148 Å². The van der Waals surface area contributed by atoms with E-state index in [4.69, 9.17) is 28.4 Å². The van der Waals surface area contributed by atoms with Gasteiger partial charge in [-0.15, -0.1) is 0 Å². The van der Waals surface area contributed by atoms with Crippen molar-refractivity contribution >= 4 is 23.0 Å². The lowest BCUT2D eigenvalue weighted by Gasteiger charge is -2.42. The van der Waals surface area contributed by atoms with Crippen molar-refractivity contribution in [3.05, 3.63) is 112 Å². The van der Waals surface area contributed by atoms with Gasteiger partial charge >= 0.3 is 0 Å². The number of nitrogens with one attached hydrogen (secondary N) is 2. The second-order valence-electron chi connectivity index (χ2n) is 13.1. The molecule has 2 bridgehead atoms. The number of anilines is 1. The van der Waals surface area contributed by atoms with E-state index in [9.17, 15) is 9.59 Å². The van der Waals surface area contributed by atoms with Crippen LogP contribution in [0.4, 0.5) is 5.95 Å². The first-order valence-electron chi connectivity index (χ1n) is 16.8. The molecule has 5 aromatic rings. The van der Waals surface area contributed by atoms with Crippen molar-refractivity contribution < 1.29 is 33.2 Å². The Hall–Kier alpha value is -5.08. The van der Waals surface area contributed by atoms with Gasteiger partial charge in [-0.1, -0.05) is 68.4 Å². The Kier molecular flexibility index (Phi) is 9.38. The fourth-order valence-corrected chi connectivity index (χ4v) is 6.97. The van der Waals surface area contributed by atoms with E-state index in [-0.39, 0.29) is 42.2 Å². The van der Waals surface area contributed by atoms with Gasteiger partial charge in [0.2, 0.25) is 11.9 Å². The molecule has 266 valence electrons. The zero-order valence-corrected chi connectivity index (χ0v) is 29.1. The van der Waals surface area contributed by atoms with Gasteiger partial charge in [-0.3, -0.25) is 24.5 Å². The number of hydrogen-bond acceptors (Lipinski definition) is 10. The largest absolute Gasteiger partial charge is 0.497 e. The van der Waals surface area contributed by atoms with Crippen molar-refractivity contribution in [1.29, 1.82) is 0 Å². The Balaban J connectivity index is 1.29. The maximum Gasteiger partial charge on any atom is 0.280 e. The molecule has 13 nitrogen and oxygen atoms in total. The van der Waals surface area contributed by atoms with Crippen molar-refractivity contribution in [3.8, 4) is 11.5 Å². The molecule has 2 aliphatic heterocycles. The smallest absolute Gasteiger partial charge is 0.280 e. The van der Waals surface area contributed by atoms with Crippen molar-refractivity contribution in [2.75, 3.05) is 39.9 Å². The molecule has 4 atom stereocenters. The van der Waals surface area contributed by atoms with Crippen LogP contribution in [0.1, 0.15) is 43.2 Å². The lowest BCUT2D eigenvalue weighted by molar-refractivity contribution is -0.240. The fraction of sp³-hybridized carbons (Fsp3) is 0.368. The summed E-state index contributed by atoms with van der Waals surface area (Å²) in [6, 6.07) is 25.7. The van der Waals surface area contributed by atoms with Crippen LogP contribution in [0.5, 0.6) is 11.5 Å². The number of aromatic amines is 1. The maximum atomic E-state index is 13.0. The van der Waals surface area contributed by atoms with Crippen LogP contribution in [-0.4, -0.2) is 77.8 Å². The van der Waals surface area contributed by atoms with Gasteiger partial charge in [0, 0.05) is 19.4 Å². The Morgan fingerprint density at radius 3 is 2.20 bits per heavy atom. The summed E-state index contributed by atoms with van der Waals surface area (Å²) in [6.45, 7) is 3.88. The molecule has 2 saturated heterocycles. The minimum absolute atomic E-state index is 0.0268. The van der Waals surface area contributed by atoms with Crippen molar-refractivity contribution in [1.82, 2.24) is 19.5 Å². The van der Waals surface area contributed by atoms with Crippen LogP contribution in [0, 0.1) is 5.92 Å². The summed E-state index contributed by atoms with van der Waals surface area (Å²) in [5.74, 6) is 0.871. The molecule has 0 saturated carbocycles. The van der Waals surface area contributed by atoms with Gasteiger partial charge in [-0.25, -0.2) is 4.98 Å². The molecular formula is C38H41N5O8. The first-order valence-corrected chi connectivity index (χ1v) is 16.8. The molecule has 51 heavy (non-hydrogen) atoms. The van der Waals surface area contributed by atoms with Gasteiger partial charge in [0.15, 0.2) is 17.4 Å². The van der Waals surface area contributed by atoms with Crippen molar-refractivity contribution in [2.24, 2.45) is 5.92 Å². The molecule has 2 aliphatic rings. The van der Waals surface area contributed by atoms with E-state index in [1.54, 1.807) is 39.7 Å². The number of ether oxygens (including phenoxy) is 6. The van der Waals surface area contributed by atoms with Crippen LogP contribution in [0.3, 0.4) is 0 Å². The molecule has 4 heterocycles. The summed E-state index contributed by atoms with van der Waals surface area (Å²) in [5, 5.41) is 2.67. The van der Waals surface area contributed by atoms with E-state index in [1.165, 1.54) is 6.33 Å². The molecule has 0 spiro atoms. The summed E-state index contributed by atoms with van der Waals surface area (Å²) in [7, 11) is 4.89. The molecule has 4 unspecified atom stereocenters. The molecule has 0 aliphatic carbocycles. The van der Waals surface area contributed by atoms with Crippen LogP contribution in [-0.2, 0) is 29.3 Å². The third-order valence-electron chi connectivity index (χ3n) is 9.64. The van der Waals surface area contributed by atoms with Gasteiger partial charge in [-0.2, -0.15) is 4.98 Å². The highest BCUT2D eigenvalue weighted by molar-refractivity contribution is 5.91. The van der Waals surface area contributed by atoms with E-state index in [2.05, 4.69) is 20.3 Å². The zero-order chi connectivity index (χ0) is 35.8. The predicted molar refractivity (Wildman–Crippen MR) is 188 cm³/mol. The van der Waals surface area contributed by atoms with Gasteiger partial charge in [0.1, 0.15) is 34.9 Å². The number of fused-ring (bicyclic) bond motifs is 3. The van der Waals surface area contributed by atoms with E-state index >= 15 is 0 Å². The molecule has 3 aromatic carbocycles. The minimum atomic E-state index is -1.09. The molecule has 2 N–H and O–H groups in total. The molecule has 1 amide bonds. The highest BCUT2D eigenvalue weighted by atomic mass is 16.7. The van der Waals surface area contributed by atoms with E-state index in [0.29, 0.717) is 6.42 Å². The standard InChI is InChI=1S/C38H41N5O8/c1-23(2)33(44)41-36-40-32-31(34(45)42-36)39-22-43(32)35-29-19-37(51-35,30(50-29)20-46-3)21-49-38(24-9-7-6-8-10-24,25-11-15-27(47-4)16-12-25)26-13-17-28(48-5)18-14-26/h6-18,22-23,29-30,35H,19-21H2,1-5H3,(H2,40,41,42,44,45). The van der Waals surface area contributed by atoms with Crippen LogP contribution < -0.4 is 20.3 Å². The van der Waals surface area contributed by atoms with Gasteiger partial charge < -0.3 is 28.4 Å². The first kappa shape index (κ1) is 34.4. The monoisotopic (exact) mass is 695 g/mol. The van der Waals surface area contributed by atoms with Gasteiger partial charge in [0.05, 0.1) is 33.8 Å². The average molecular weight is 696 g/mol. The third kappa shape index (κ3) is 6.16. The summed E-state index contributed by atoms with van der Waals surface area (Å²) in [6.07, 6.45) is 0.396. The average Bonchev–Trinajstić information content (AvgIpc) is 3.85. The van der Waals surface area contributed by atoms with Gasteiger partial charge in [-0.05, 0) is 41.0 Å². The van der Waals surface area contributed by atoms with Gasteiger partial charge in [0.25, 0.3) is 5.56 Å². The molecule has 0 radical (unpaired) electrons. The lowest BCUT2D eigenvalue weighted by Crippen LogP contribution is -2.51. The fourth-order valence-electron chi connectivity index (χ4n) is 6.97. The number of methoxy groups -OCH3 is 3. The summed E-state index contributed by atoms with van der Waals surface area (Å²) < 4.78 is 39.1. The molecule has 7 rings (SSSR count). The minimum Gasteiger partial charge on any atom is -0.497 e. The Labute approximate surface area is 294 Å². The summed E-state index contributed by atoms with van der Waals surface area (Å²) in [5.41, 5.74) is 0.503. The summed E-state index contributed by atoms with van der Waals surface area (Å²) in [4.78, 5) is 36.9. The van der Waals surface area contributed by atoms with Crippen molar-refractivity contribution in [3.63, 3.8) is 0 Å². The molecule has 13 heteroatoms. The van der Waals surface area contributed by atoms with Crippen LogP contribution in [0.25, 0.3) is 11.2 Å². The van der Waals surface area contributed by atoms with Crippen LogP contribution in [0.2, 0.25) is 0 Å². The quantitative estimate of drug-likeness (QED) is 0.165. The Bertz CT molecular complexity index is 2000. The number of hydrogen-bond donors (Lipinski definition) is 2. The first-order chi connectivity index (χ1) is 24.7. The highest BCUT2D eigenvalue weighted by Gasteiger charge is 2.61. The number of imidazole rings is 1. The maximum absolute atomic E-state index is 13.0. The number of aromatic nitrogens is 4. The van der Waals surface area contributed by atoms with Crippen molar-refractivity contribution in [2.45, 2.75) is 49.9 Å². The number of carbonyl (C=O) groups is 1. The molecule has 2 aromatic heterocycles. The second kappa shape index (κ2) is 13.9. The normalized spacial score (nSPS) is 21.3. The third-order valence-corrected chi connectivity index (χ3v) is 9.64. The summed E-state index contributed by atoms with van der Waals surface area (Å²) >= 11 is 0. The number of carbonyl (C=O) groups excluding carboxylic acids is 1. The number of benzene rings is 3. The molecule has 2 fully saturated rings. The zero-order valence-electron chi connectivity index (χ0n) is 29.1. The molecular weight excluding hydrogens is 654 g/mol. The number of amides is 1. The van der Waals surface area contributed by atoms with Crippen LogP contribution >= 0.6 is 0 Å². The van der Waals surface area contributed by atoms with E-state index in [0.717, 1.165) is 28.2 Å². The predicted octanol–water partition coefficient (Wildman–Crippen LogP) is 4.81. The van der Waals surface area contributed by atoms with E-state index < -0.39 is 35.2 Å². The number of nitrogens with zero attached hydrogens (tertiary/aromatic N) is 3. The number of H-pyrrole nitrogens is 1. The van der Waals surface area contributed by atoms with Crippen LogP contribution in [0.15, 0.2) is 90.0 Å². The SMILES string of the molecule is COCC1OC2CC1(COC(c1ccccc1)(c1ccc(OC)cc1)c1ccc(OC)cc1)OC2n1cnc2c(=O)[nH]c(NC(=O)C(C)C)nc21.